The number of fused-ring (bicyclic) bond motifs is 2. The topological polar surface area (TPSA) is 83.1 Å². The third-order valence-corrected chi connectivity index (χ3v) is 5.19. The van der Waals surface area contributed by atoms with Crippen molar-refractivity contribution in [2.75, 3.05) is 20.3 Å². The highest BCUT2D eigenvalue weighted by atomic mass is 16.5. The Morgan fingerprint density at radius 1 is 1.44 bits per heavy atom. The van der Waals surface area contributed by atoms with E-state index in [2.05, 4.69) is 20.3 Å². The fourth-order valence-electron chi connectivity index (χ4n) is 3.91. The SMILES string of the molecule is CN(Cc1cccnc1)C(=O)[C@@H]1Cc2[nH]cnc2C2(CCOCC2)N1. The molecule has 2 aliphatic heterocycles. The molecule has 132 valence electrons. The number of nitrogens with zero attached hydrogens (tertiary/aromatic N) is 3. The van der Waals surface area contributed by atoms with Crippen LogP contribution < -0.4 is 5.32 Å². The molecule has 0 bridgehead atoms. The maximum absolute atomic E-state index is 13.0. The second-order valence-electron chi connectivity index (χ2n) is 6.88. The summed E-state index contributed by atoms with van der Waals surface area (Å²) in [6.07, 6.45) is 7.57. The van der Waals surface area contributed by atoms with Gasteiger partial charge in [0.1, 0.15) is 0 Å². The molecular formula is C18H23N5O2. The van der Waals surface area contributed by atoms with Crippen molar-refractivity contribution in [3.8, 4) is 0 Å². The van der Waals surface area contributed by atoms with Crippen LogP contribution in [0.4, 0.5) is 0 Å². The molecule has 2 aromatic heterocycles. The van der Waals surface area contributed by atoms with Crippen LogP contribution in [0, 0.1) is 0 Å². The van der Waals surface area contributed by atoms with Crippen molar-refractivity contribution in [1.82, 2.24) is 25.2 Å². The van der Waals surface area contributed by atoms with Crippen molar-refractivity contribution in [2.24, 2.45) is 0 Å². The van der Waals surface area contributed by atoms with Crippen molar-refractivity contribution in [2.45, 2.75) is 37.4 Å². The monoisotopic (exact) mass is 341 g/mol. The molecule has 0 unspecified atom stereocenters. The average molecular weight is 341 g/mol. The fourth-order valence-corrected chi connectivity index (χ4v) is 3.91. The normalized spacial score (nSPS) is 21.7. The predicted octanol–water partition coefficient (Wildman–Crippen LogP) is 0.983. The summed E-state index contributed by atoms with van der Waals surface area (Å²) in [5.41, 5.74) is 2.88. The van der Waals surface area contributed by atoms with Crippen LogP contribution in [0.25, 0.3) is 0 Å². The Morgan fingerprint density at radius 2 is 2.28 bits per heavy atom. The van der Waals surface area contributed by atoms with Crippen LogP contribution in [-0.2, 0) is 28.0 Å². The zero-order valence-corrected chi connectivity index (χ0v) is 14.4. The summed E-state index contributed by atoms with van der Waals surface area (Å²) in [5, 5.41) is 3.61. The van der Waals surface area contributed by atoms with Crippen LogP contribution in [0.2, 0.25) is 0 Å². The van der Waals surface area contributed by atoms with Gasteiger partial charge in [-0.15, -0.1) is 0 Å². The molecule has 4 rings (SSSR count). The molecule has 1 fully saturated rings. The molecule has 7 nitrogen and oxygen atoms in total. The number of hydrogen-bond acceptors (Lipinski definition) is 5. The Kier molecular flexibility index (Phi) is 4.27. The second-order valence-corrected chi connectivity index (χ2v) is 6.88. The molecule has 1 saturated heterocycles. The van der Waals surface area contributed by atoms with Crippen LogP contribution in [0.1, 0.15) is 29.8 Å². The van der Waals surface area contributed by atoms with Gasteiger partial charge < -0.3 is 14.6 Å². The maximum atomic E-state index is 13.0. The second kappa shape index (κ2) is 6.57. The Bertz CT molecular complexity index is 739. The minimum atomic E-state index is -0.263. The quantitative estimate of drug-likeness (QED) is 0.870. The maximum Gasteiger partial charge on any atom is 0.240 e. The Hall–Kier alpha value is -2.25. The third kappa shape index (κ3) is 3.05. The van der Waals surface area contributed by atoms with Gasteiger partial charge in [0.2, 0.25) is 5.91 Å². The summed E-state index contributed by atoms with van der Waals surface area (Å²) in [6.45, 7) is 1.92. The van der Waals surface area contributed by atoms with Crippen molar-refractivity contribution >= 4 is 5.91 Å². The molecular weight excluding hydrogens is 318 g/mol. The largest absolute Gasteiger partial charge is 0.381 e. The zero-order chi connectivity index (χ0) is 17.3. The van der Waals surface area contributed by atoms with Gasteiger partial charge in [-0.1, -0.05) is 6.07 Å². The van der Waals surface area contributed by atoms with E-state index in [0.717, 1.165) is 29.8 Å². The first-order chi connectivity index (χ1) is 12.2. The number of likely N-dealkylation sites (N-methyl/N-ethyl adjacent to an activating group) is 1. The highest BCUT2D eigenvalue weighted by Crippen LogP contribution is 2.36. The van der Waals surface area contributed by atoms with Crippen LogP contribution in [0.3, 0.4) is 0 Å². The first-order valence-corrected chi connectivity index (χ1v) is 8.70. The molecule has 0 aromatic carbocycles. The third-order valence-electron chi connectivity index (χ3n) is 5.19. The molecule has 1 atom stereocenters. The van der Waals surface area contributed by atoms with Crippen molar-refractivity contribution in [3.05, 3.63) is 47.8 Å². The zero-order valence-electron chi connectivity index (χ0n) is 14.4. The summed E-state index contributed by atoms with van der Waals surface area (Å²) in [4.78, 5) is 26.7. The summed E-state index contributed by atoms with van der Waals surface area (Å²) in [7, 11) is 1.84. The summed E-state index contributed by atoms with van der Waals surface area (Å²) in [5.74, 6) is 0.0926. The number of H-pyrrole nitrogens is 1. The standard InChI is InChI=1S/C18H23N5O2/c1-23(11-13-3-2-6-19-10-13)17(24)15-9-14-16(21-12-20-14)18(22-15)4-7-25-8-5-18/h2-3,6,10,12,15,22H,4-5,7-9,11H2,1H3,(H,20,21)/t15-/m0/s1. The summed E-state index contributed by atoms with van der Waals surface area (Å²) < 4.78 is 5.53. The smallest absolute Gasteiger partial charge is 0.240 e. The van der Waals surface area contributed by atoms with Gasteiger partial charge in [-0.2, -0.15) is 0 Å². The lowest BCUT2D eigenvalue weighted by Crippen LogP contribution is -2.60. The van der Waals surface area contributed by atoms with Crippen molar-refractivity contribution < 1.29 is 9.53 Å². The number of carbonyl (C=O) groups is 1. The fraction of sp³-hybridized carbons (Fsp3) is 0.500. The minimum Gasteiger partial charge on any atom is -0.381 e. The summed E-state index contributed by atoms with van der Waals surface area (Å²) >= 11 is 0. The van der Waals surface area contributed by atoms with E-state index in [0.29, 0.717) is 26.2 Å². The van der Waals surface area contributed by atoms with Crippen molar-refractivity contribution in [1.29, 1.82) is 0 Å². The van der Waals surface area contributed by atoms with E-state index in [1.54, 1.807) is 23.6 Å². The first-order valence-electron chi connectivity index (χ1n) is 8.70. The molecule has 2 aromatic rings. The van der Waals surface area contributed by atoms with E-state index >= 15 is 0 Å². The molecule has 0 saturated carbocycles. The van der Waals surface area contributed by atoms with Gasteiger partial charge in [0.25, 0.3) is 0 Å². The molecule has 1 amide bonds. The number of carbonyl (C=O) groups excluding carboxylic acids is 1. The molecule has 2 N–H and O–H groups in total. The molecule has 0 aliphatic carbocycles. The Morgan fingerprint density at radius 3 is 3.04 bits per heavy atom. The van der Waals surface area contributed by atoms with Gasteiger partial charge in [-0.25, -0.2) is 4.98 Å². The number of nitrogens with one attached hydrogen (secondary N) is 2. The number of pyridine rings is 1. The van der Waals surface area contributed by atoms with Gasteiger partial charge in [0.15, 0.2) is 0 Å². The highest BCUT2D eigenvalue weighted by Gasteiger charge is 2.45. The lowest BCUT2D eigenvalue weighted by Gasteiger charge is -2.43. The van der Waals surface area contributed by atoms with E-state index in [9.17, 15) is 4.79 Å². The Balaban J connectivity index is 1.53. The van der Waals surface area contributed by atoms with E-state index in [1.807, 2.05) is 19.2 Å². The van der Waals surface area contributed by atoms with Gasteiger partial charge >= 0.3 is 0 Å². The molecule has 25 heavy (non-hydrogen) atoms. The van der Waals surface area contributed by atoms with E-state index < -0.39 is 0 Å². The molecule has 2 aliphatic rings. The van der Waals surface area contributed by atoms with Gasteiger partial charge in [-0.05, 0) is 24.5 Å². The van der Waals surface area contributed by atoms with E-state index in [-0.39, 0.29) is 17.5 Å². The van der Waals surface area contributed by atoms with Crippen LogP contribution in [0.5, 0.6) is 0 Å². The van der Waals surface area contributed by atoms with Crippen molar-refractivity contribution in [3.63, 3.8) is 0 Å². The van der Waals surface area contributed by atoms with Crippen LogP contribution >= 0.6 is 0 Å². The number of rotatable bonds is 3. The Labute approximate surface area is 146 Å². The molecule has 7 heteroatoms. The molecule has 1 spiro atoms. The van der Waals surface area contributed by atoms with Gasteiger partial charge in [0, 0.05) is 51.3 Å². The van der Waals surface area contributed by atoms with E-state index in [4.69, 9.17) is 4.74 Å². The number of amides is 1. The number of imidazole rings is 1. The molecule has 4 heterocycles. The number of aromatic amines is 1. The predicted molar refractivity (Wildman–Crippen MR) is 91.7 cm³/mol. The highest BCUT2D eigenvalue weighted by molar-refractivity contribution is 5.82. The van der Waals surface area contributed by atoms with Crippen LogP contribution in [-0.4, -0.2) is 52.1 Å². The lowest BCUT2D eigenvalue weighted by atomic mass is 9.80. The number of ether oxygens (including phenoxy) is 1. The number of aromatic nitrogens is 3. The van der Waals surface area contributed by atoms with Crippen LogP contribution in [0.15, 0.2) is 30.9 Å². The molecule has 0 radical (unpaired) electrons. The van der Waals surface area contributed by atoms with Gasteiger partial charge in [0.05, 0.1) is 23.6 Å². The minimum absolute atomic E-state index is 0.0926. The van der Waals surface area contributed by atoms with E-state index in [1.165, 1.54) is 0 Å². The lowest BCUT2D eigenvalue weighted by molar-refractivity contribution is -0.134. The number of hydrogen-bond donors (Lipinski definition) is 2. The average Bonchev–Trinajstić information content (AvgIpc) is 3.12. The summed E-state index contributed by atoms with van der Waals surface area (Å²) in [6, 6.07) is 3.62. The first kappa shape index (κ1) is 16.2. The van der Waals surface area contributed by atoms with Gasteiger partial charge in [-0.3, -0.25) is 15.1 Å².